The van der Waals surface area contributed by atoms with Gasteiger partial charge in [-0.05, 0) is 13.3 Å². The van der Waals surface area contributed by atoms with Crippen molar-refractivity contribution in [2.24, 2.45) is 0 Å². The molecule has 0 fully saturated rings. The van der Waals surface area contributed by atoms with E-state index < -0.39 is 17.8 Å². The van der Waals surface area contributed by atoms with Gasteiger partial charge in [0.15, 0.2) is 11.8 Å². The van der Waals surface area contributed by atoms with Crippen LogP contribution in [-0.2, 0) is 14.3 Å². The number of rotatable bonds is 9. The molecule has 5 nitrogen and oxygen atoms in total. The predicted octanol–water partition coefficient (Wildman–Crippen LogP) is 2.50. The average molecular weight is 305 g/mol. The second-order valence-electron chi connectivity index (χ2n) is 4.94. The summed E-state index contributed by atoms with van der Waals surface area (Å²) in [5.41, 5.74) is 0.370. The smallest absolute Gasteiger partial charge is 0.336 e. The largest absolute Gasteiger partial charge is 0.464 e. The Morgan fingerprint density at radius 3 is 2.36 bits per heavy atom. The molecule has 0 aromatic heterocycles. The molecule has 1 N–H and O–H groups in total. The molecule has 0 radical (unpaired) electrons. The molecular formula is C17H23NO4. The molecule has 0 spiro atoms. The lowest BCUT2D eigenvalue weighted by atomic mass is 10.0. The third-order valence-electron chi connectivity index (χ3n) is 3.16. The Morgan fingerprint density at radius 2 is 1.77 bits per heavy atom. The van der Waals surface area contributed by atoms with E-state index in [4.69, 9.17) is 4.74 Å². The molecule has 5 heteroatoms. The summed E-state index contributed by atoms with van der Waals surface area (Å²) in [7, 11) is 0. The molecule has 0 bridgehead atoms. The molecule has 1 aromatic rings. The Balaban J connectivity index is 2.78. The van der Waals surface area contributed by atoms with Crippen LogP contribution in [-0.4, -0.2) is 30.3 Å². The Hall–Kier alpha value is -2.17. The summed E-state index contributed by atoms with van der Waals surface area (Å²) >= 11 is 0. The van der Waals surface area contributed by atoms with E-state index in [-0.39, 0.29) is 12.5 Å². The van der Waals surface area contributed by atoms with Gasteiger partial charge in [-0.15, -0.1) is 0 Å². The minimum Gasteiger partial charge on any atom is -0.464 e. The minimum atomic E-state index is -1.28. The highest BCUT2D eigenvalue weighted by atomic mass is 16.5. The van der Waals surface area contributed by atoms with E-state index in [0.717, 1.165) is 19.3 Å². The summed E-state index contributed by atoms with van der Waals surface area (Å²) in [6, 6.07) is 7.13. The van der Waals surface area contributed by atoms with Crippen LogP contribution in [0.1, 0.15) is 49.9 Å². The number of esters is 1. The normalized spacial score (nSPS) is 11.5. The van der Waals surface area contributed by atoms with Crippen LogP contribution in [0.4, 0.5) is 0 Å². The SMILES string of the molecule is CCCCCC(=O)NC(C(=O)OCC)C(=O)c1ccccc1. The number of hydrogen-bond acceptors (Lipinski definition) is 4. The van der Waals surface area contributed by atoms with E-state index in [0.29, 0.717) is 12.0 Å². The van der Waals surface area contributed by atoms with Crippen LogP contribution in [0.5, 0.6) is 0 Å². The lowest BCUT2D eigenvalue weighted by Crippen LogP contribution is -2.47. The van der Waals surface area contributed by atoms with Gasteiger partial charge in [-0.25, -0.2) is 4.79 Å². The van der Waals surface area contributed by atoms with Crippen LogP contribution < -0.4 is 5.32 Å². The standard InChI is InChI=1S/C17H23NO4/c1-3-5-7-12-14(19)18-15(17(21)22-4-2)16(20)13-10-8-6-9-11-13/h6,8-11,15H,3-5,7,12H2,1-2H3,(H,18,19). The fourth-order valence-electron chi connectivity index (χ4n) is 1.99. The van der Waals surface area contributed by atoms with Gasteiger partial charge < -0.3 is 10.1 Å². The molecule has 22 heavy (non-hydrogen) atoms. The first kappa shape index (κ1) is 17.9. The molecule has 1 rings (SSSR count). The zero-order valence-electron chi connectivity index (χ0n) is 13.1. The number of hydrogen-bond donors (Lipinski definition) is 1. The number of carbonyl (C=O) groups is 3. The maximum absolute atomic E-state index is 12.4. The minimum absolute atomic E-state index is 0.156. The average Bonchev–Trinajstić information content (AvgIpc) is 2.53. The molecule has 0 aliphatic rings. The fraction of sp³-hybridized carbons (Fsp3) is 0.471. The van der Waals surface area contributed by atoms with E-state index in [1.807, 2.05) is 6.92 Å². The maximum atomic E-state index is 12.4. The molecule has 1 unspecified atom stereocenters. The summed E-state index contributed by atoms with van der Waals surface area (Å²) in [5, 5.41) is 2.50. The van der Waals surface area contributed by atoms with Crippen LogP contribution in [0.2, 0.25) is 0 Å². The molecule has 1 amide bonds. The van der Waals surface area contributed by atoms with Crippen molar-refractivity contribution in [2.45, 2.75) is 45.6 Å². The highest BCUT2D eigenvalue weighted by molar-refractivity contribution is 6.13. The van der Waals surface area contributed by atoms with E-state index in [9.17, 15) is 14.4 Å². The van der Waals surface area contributed by atoms with Gasteiger partial charge in [0.05, 0.1) is 6.61 Å². The lowest BCUT2D eigenvalue weighted by molar-refractivity contribution is -0.145. The third-order valence-corrected chi connectivity index (χ3v) is 3.16. The predicted molar refractivity (Wildman–Crippen MR) is 83.5 cm³/mol. The van der Waals surface area contributed by atoms with Gasteiger partial charge in [-0.1, -0.05) is 50.1 Å². The zero-order chi connectivity index (χ0) is 16.4. The fourth-order valence-corrected chi connectivity index (χ4v) is 1.99. The highest BCUT2D eigenvalue weighted by Gasteiger charge is 2.30. The van der Waals surface area contributed by atoms with Crippen molar-refractivity contribution in [1.82, 2.24) is 5.32 Å². The number of benzene rings is 1. The first-order chi connectivity index (χ1) is 10.6. The molecule has 1 aromatic carbocycles. The van der Waals surface area contributed by atoms with Gasteiger partial charge in [0.1, 0.15) is 0 Å². The zero-order valence-corrected chi connectivity index (χ0v) is 13.1. The number of amides is 1. The van der Waals surface area contributed by atoms with Crippen molar-refractivity contribution in [3.8, 4) is 0 Å². The van der Waals surface area contributed by atoms with Crippen molar-refractivity contribution < 1.29 is 19.1 Å². The van der Waals surface area contributed by atoms with Gasteiger partial charge in [0, 0.05) is 12.0 Å². The van der Waals surface area contributed by atoms with Gasteiger partial charge >= 0.3 is 5.97 Å². The molecule has 0 aliphatic carbocycles. The number of ketones is 1. The Kier molecular flexibility index (Phi) is 7.89. The van der Waals surface area contributed by atoms with E-state index in [1.165, 1.54) is 0 Å². The number of nitrogens with one attached hydrogen (secondary N) is 1. The summed E-state index contributed by atoms with van der Waals surface area (Å²) in [6.45, 7) is 3.85. The lowest BCUT2D eigenvalue weighted by Gasteiger charge is -2.16. The third kappa shape index (κ3) is 5.68. The second kappa shape index (κ2) is 9.71. The van der Waals surface area contributed by atoms with Gasteiger partial charge in [-0.2, -0.15) is 0 Å². The van der Waals surface area contributed by atoms with E-state index in [2.05, 4.69) is 5.32 Å². The molecule has 0 aliphatic heterocycles. The van der Waals surface area contributed by atoms with Gasteiger partial charge in [0.2, 0.25) is 5.91 Å². The topological polar surface area (TPSA) is 72.5 Å². The first-order valence-corrected chi connectivity index (χ1v) is 7.65. The van der Waals surface area contributed by atoms with Crippen molar-refractivity contribution in [3.05, 3.63) is 35.9 Å². The molecular weight excluding hydrogens is 282 g/mol. The van der Waals surface area contributed by atoms with E-state index >= 15 is 0 Å². The maximum Gasteiger partial charge on any atom is 0.336 e. The van der Waals surface area contributed by atoms with Gasteiger partial charge in [0.25, 0.3) is 0 Å². The Labute approximate surface area is 131 Å². The van der Waals surface area contributed by atoms with Gasteiger partial charge in [-0.3, -0.25) is 9.59 Å². The summed E-state index contributed by atoms with van der Waals surface area (Å²) < 4.78 is 4.90. The van der Waals surface area contributed by atoms with Crippen molar-refractivity contribution in [1.29, 1.82) is 0 Å². The summed E-state index contributed by atoms with van der Waals surface area (Å²) in [6.07, 6.45) is 2.96. The molecule has 0 saturated carbocycles. The van der Waals surface area contributed by atoms with Crippen LogP contribution in [0.15, 0.2) is 30.3 Å². The van der Waals surface area contributed by atoms with Crippen molar-refractivity contribution >= 4 is 17.7 Å². The molecule has 0 saturated heterocycles. The van der Waals surface area contributed by atoms with Crippen LogP contribution in [0, 0.1) is 0 Å². The Bertz CT molecular complexity index is 499. The molecule has 1 atom stereocenters. The monoisotopic (exact) mass is 305 g/mol. The summed E-state index contributed by atoms with van der Waals surface area (Å²) in [4.78, 5) is 36.3. The summed E-state index contributed by atoms with van der Waals surface area (Å²) in [5.74, 6) is -1.49. The Morgan fingerprint density at radius 1 is 1.09 bits per heavy atom. The number of Topliss-reactive ketones (excluding diaryl/α,β-unsaturated/α-hetero) is 1. The molecule has 0 heterocycles. The first-order valence-electron chi connectivity index (χ1n) is 7.65. The number of unbranched alkanes of at least 4 members (excludes halogenated alkanes) is 2. The van der Waals surface area contributed by atoms with Crippen molar-refractivity contribution in [3.63, 3.8) is 0 Å². The second-order valence-corrected chi connectivity index (χ2v) is 4.94. The van der Waals surface area contributed by atoms with Crippen molar-refractivity contribution in [2.75, 3.05) is 6.61 Å². The number of carbonyl (C=O) groups excluding carboxylic acids is 3. The van der Waals surface area contributed by atoms with E-state index in [1.54, 1.807) is 37.3 Å². The van der Waals surface area contributed by atoms with Crippen LogP contribution in [0.25, 0.3) is 0 Å². The molecule has 120 valence electrons. The highest BCUT2D eigenvalue weighted by Crippen LogP contribution is 2.07. The number of ether oxygens (including phenoxy) is 1. The van der Waals surface area contributed by atoms with Crippen LogP contribution >= 0.6 is 0 Å². The van der Waals surface area contributed by atoms with Crippen LogP contribution in [0.3, 0.4) is 0 Å². The quantitative estimate of drug-likeness (QED) is 0.329.